The maximum absolute atomic E-state index is 2.45. The predicted octanol–water partition coefficient (Wildman–Crippen LogP) is 8.45. The van der Waals surface area contributed by atoms with Crippen LogP contribution in [0, 0.1) is 0 Å². The Balaban J connectivity index is 1.76. The Morgan fingerprint density at radius 1 is 0.633 bits per heavy atom. The quantitative estimate of drug-likeness (QED) is 0.258. The molecule has 146 valence electrons. The molecule has 4 aromatic carbocycles. The predicted molar refractivity (Wildman–Crippen MR) is 132 cm³/mol. The Bertz CT molecular complexity index is 1570. The SMILES string of the molecule is CC(C)(C)c1ccc2c(c1)c1ccccc1n2-c1cccc2c1sc1ccccc12. The third-order valence-corrected chi connectivity index (χ3v) is 7.37. The number of benzene rings is 4. The smallest absolute Gasteiger partial charge is 0.0640 e. The molecule has 0 N–H and O–H groups in total. The van der Waals surface area contributed by atoms with Crippen LogP contribution < -0.4 is 0 Å². The number of rotatable bonds is 1. The van der Waals surface area contributed by atoms with E-state index in [0.717, 1.165) is 0 Å². The highest BCUT2D eigenvalue weighted by atomic mass is 32.1. The molecule has 6 aromatic rings. The normalized spacial score (nSPS) is 12.5. The van der Waals surface area contributed by atoms with Crippen molar-refractivity contribution in [3.8, 4) is 5.69 Å². The second-order valence-corrected chi connectivity index (χ2v) is 10.1. The highest BCUT2D eigenvalue weighted by Crippen LogP contribution is 2.41. The van der Waals surface area contributed by atoms with Crippen LogP contribution in [-0.2, 0) is 5.41 Å². The van der Waals surface area contributed by atoms with Gasteiger partial charge in [0.25, 0.3) is 0 Å². The van der Waals surface area contributed by atoms with Gasteiger partial charge < -0.3 is 4.57 Å². The first-order chi connectivity index (χ1) is 14.5. The average Bonchev–Trinajstić information content (AvgIpc) is 3.28. The molecule has 1 nitrogen and oxygen atoms in total. The molecule has 0 bridgehead atoms. The summed E-state index contributed by atoms with van der Waals surface area (Å²) in [6, 6.07) is 31.2. The first kappa shape index (κ1) is 17.7. The van der Waals surface area contributed by atoms with Crippen molar-refractivity contribution in [2.45, 2.75) is 26.2 Å². The van der Waals surface area contributed by atoms with Crippen LogP contribution in [0.4, 0.5) is 0 Å². The number of fused-ring (bicyclic) bond motifs is 6. The van der Waals surface area contributed by atoms with E-state index in [1.54, 1.807) is 0 Å². The van der Waals surface area contributed by atoms with Gasteiger partial charge in [-0.05, 0) is 41.3 Å². The lowest BCUT2D eigenvalue weighted by Gasteiger charge is -2.19. The van der Waals surface area contributed by atoms with Crippen molar-refractivity contribution < 1.29 is 0 Å². The Morgan fingerprint density at radius 2 is 1.33 bits per heavy atom. The molecule has 0 radical (unpaired) electrons. The molecule has 0 saturated carbocycles. The van der Waals surface area contributed by atoms with Crippen LogP contribution in [-0.4, -0.2) is 4.57 Å². The van der Waals surface area contributed by atoms with Crippen LogP contribution in [0.1, 0.15) is 26.3 Å². The largest absolute Gasteiger partial charge is 0.308 e. The lowest BCUT2D eigenvalue weighted by atomic mass is 9.86. The van der Waals surface area contributed by atoms with Gasteiger partial charge in [-0.3, -0.25) is 0 Å². The van der Waals surface area contributed by atoms with Gasteiger partial charge in [0, 0.05) is 26.2 Å². The van der Waals surface area contributed by atoms with Crippen LogP contribution in [0.5, 0.6) is 0 Å². The molecule has 0 unspecified atom stereocenters. The summed E-state index contributed by atoms with van der Waals surface area (Å²) in [6.07, 6.45) is 0. The van der Waals surface area contributed by atoms with Crippen LogP contribution in [0.15, 0.2) is 84.9 Å². The van der Waals surface area contributed by atoms with Crippen molar-refractivity contribution in [3.05, 3.63) is 90.5 Å². The maximum Gasteiger partial charge on any atom is 0.0640 e. The van der Waals surface area contributed by atoms with Crippen molar-refractivity contribution in [2.24, 2.45) is 0 Å². The summed E-state index contributed by atoms with van der Waals surface area (Å²) in [7, 11) is 0. The van der Waals surface area contributed by atoms with Gasteiger partial charge in [-0.1, -0.05) is 75.4 Å². The monoisotopic (exact) mass is 405 g/mol. The molecule has 2 aromatic heterocycles. The number of thiophene rings is 1. The molecule has 30 heavy (non-hydrogen) atoms. The molecule has 2 heteroatoms. The van der Waals surface area contributed by atoms with Crippen molar-refractivity contribution >= 4 is 53.3 Å². The Hall–Kier alpha value is -3.10. The lowest BCUT2D eigenvalue weighted by molar-refractivity contribution is 0.591. The summed E-state index contributed by atoms with van der Waals surface area (Å²) in [6.45, 7) is 6.85. The van der Waals surface area contributed by atoms with Crippen LogP contribution in [0.25, 0.3) is 47.7 Å². The second kappa shape index (κ2) is 6.20. The van der Waals surface area contributed by atoms with E-state index in [-0.39, 0.29) is 5.41 Å². The van der Waals surface area contributed by atoms with E-state index in [1.165, 1.54) is 53.2 Å². The van der Waals surface area contributed by atoms with Gasteiger partial charge in [0.1, 0.15) is 0 Å². The highest BCUT2D eigenvalue weighted by molar-refractivity contribution is 7.26. The molecule has 0 amide bonds. The first-order valence-corrected chi connectivity index (χ1v) is 11.3. The molecule has 0 aliphatic carbocycles. The summed E-state index contributed by atoms with van der Waals surface area (Å²) in [5, 5.41) is 5.33. The standard InChI is InChI=1S/C28H23NS/c1-28(2,3)18-15-16-24-22(17-18)19-9-4-6-12-23(19)29(24)25-13-8-11-21-20-10-5-7-14-26(20)30-27(21)25/h4-17H,1-3H3. The number of nitrogens with zero attached hydrogens (tertiary/aromatic N) is 1. The van der Waals surface area contributed by atoms with E-state index < -0.39 is 0 Å². The zero-order chi connectivity index (χ0) is 20.5. The van der Waals surface area contributed by atoms with Gasteiger partial charge in [0.15, 0.2) is 0 Å². The minimum absolute atomic E-state index is 0.128. The molecule has 0 atom stereocenters. The Morgan fingerprint density at radius 3 is 2.17 bits per heavy atom. The van der Waals surface area contributed by atoms with Gasteiger partial charge in [-0.25, -0.2) is 0 Å². The van der Waals surface area contributed by atoms with Crippen LogP contribution in [0.3, 0.4) is 0 Å². The van der Waals surface area contributed by atoms with Gasteiger partial charge in [-0.2, -0.15) is 0 Å². The van der Waals surface area contributed by atoms with Gasteiger partial charge in [0.05, 0.1) is 21.4 Å². The minimum atomic E-state index is 0.128. The van der Waals surface area contributed by atoms with Crippen molar-refractivity contribution in [2.75, 3.05) is 0 Å². The average molecular weight is 406 g/mol. The van der Waals surface area contributed by atoms with E-state index in [9.17, 15) is 0 Å². The third kappa shape index (κ3) is 2.47. The Labute approximate surface area is 180 Å². The lowest BCUT2D eigenvalue weighted by Crippen LogP contribution is -2.10. The topological polar surface area (TPSA) is 4.93 Å². The first-order valence-electron chi connectivity index (χ1n) is 10.5. The molecule has 0 saturated heterocycles. The molecule has 2 heterocycles. The van der Waals surface area contributed by atoms with E-state index in [2.05, 4.69) is 110 Å². The summed E-state index contributed by atoms with van der Waals surface area (Å²) in [5.74, 6) is 0. The fourth-order valence-corrected chi connectivity index (χ4v) is 5.81. The maximum atomic E-state index is 2.45. The van der Waals surface area contributed by atoms with E-state index in [1.807, 2.05) is 11.3 Å². The van der Waals surface area contributed by atoms with Gasteiger partial charge in [-0.15, -0.1) is 11.3 Å². The van der Waals surface area contributed by atoms with Crippen molar-refractivity contribution in [1.29, 1.82) is 0 Å². The van der Waals surface area contributed by atoms with E-state index in [0.29, 0.717) is 0 Å². The molecular formula is C28H23NS. The molecule has 0 fully saturated rings. The van der Waals surface area contributed by atoms with E-state index in [4.69, 9.17) is 0 Å². The van der Waals surface area contributed by atoms with E-state index >= 15 is 0 Å². The highest BCUT2D eigenvalue weighted by Gasteiger charge is 2.19. The molecular weight excluding hydrogens is 382 g/mol. The van der Waals surface area contributed by atoms with Gasteiger partial charge in [0.2, 0.25) is 0 Å². The number of aromatic nitrogens is 1. The molecule has 0 aliphatic rings. The fraction of sp³-hybridized carbons (Fsp3) is 0.143. The summed E-state index contributed by atoms with van der Waals surface area (Å²) < 4.78 is 5.14. The van der Waals surface area contributed by atoms with Crippen LogP contribution >= 0.6 is 11.3 Å². The number of para-hydroxylation sites is 1. The Kier molecular flexibility index (Phi) is 3.66. The third-order valence-electron chi connectivity index (χ3n) is 6.16. The zero-order valence-electron chi connectivity index (χ0n) is 17.4. The fourth-order valence-electron chi connectivity index (χ4n) is 4.61. The number of hydrogen-bond acceptors (Lipinski definition) is 1. The van der Waals surface area contributed by atoms with Crippen molar-refractivity contribution in [1.82, 2.24) is 4.57 Å². The summed E-state index contributed by atoms with van der Waals surface area (Å²) >= 11 is 1.89. The summed E-state index contributed by atoms with van der Waals surface area (Å²) in [5.41, 5.74) is 5.31. The zero-order valence-corrected chi connectivity index (χ0v) is 18.3. The minimum Gasteiger partial charge on any atom is -0.308 e. The molecule has 6 rings (SSSR count). The second-order valence-electron chi connectivity index (χ2n) is 9.09. The molecule has 0 spiro atoms. The number of hydrogen-bond donors (Lipinski definition) is 0. The van der Waals surface area contributed by atoms with Gasteiger partial charge >= 0.3 is 0 Å². The van der Waals surface area contributed by atoms with Crippen molar-refractivity contribution in [3.63, 3.8) is 0 Å². The summed E-state index contributed by atoms with van der Waals surface area (Å²) in [4.78, 5) is 0. The molecule has 0 aliphatic heterocycles. The van der Waals surface area contributed by atoms with Crippen LogP contribution in [0.2, 0.25) is 0 Å².